The summed E-state index contributed by atoms with van der Waals surface area (Å²) in [6.07, 6.45) is 1.03. The first-order valence-electron chi connectivity index (χ1n) is 4.15. The summed E-state index contributed by atoms with van der Waals surface area (Å²) in [6, 6.07) is 2.47. The van der Waals surface area contributed by atoms with Crippen LogP contribution < -0.4 is 0 Å². The largest absolute Gasteiger partial charge is 0.388 e. The predicted octanol–water partition coefficient (Wildman–Crippen LogP) is 1.49. The van der Waals surface area contributed by atoms with E-state index in [-0.39, 0.29) is 12.4 Å². The second-order valence-electron chi connectivity index (χ2n) is 2.65. The lowest BCUT2D eigenvalue weighted by Crippen LogP contribution is -2.13. The Morgan fingerprint density at radius 2 is 2.08 bits per heavy atom. The molecule has 0 amide bonds. The molecule has 5 heteroatoms. The fourth-order valence-corrected chi connectivity index (χ4v) is 0.638. The lowest BCUT2D eigenvalue weighted by Gasteiger charge is -2.05. The molecule has 0 aliphatic heterocycles. The van der Waals surface area contributed by atoms with Crippen molar-refractivity contribution in [3.8, 4) is 0 Å². The minimum absolute atomic E-state index is 0. The molecule has 0 bridgehead atoms. The molecular weight excluding hydrogens is 190 g/mol. The lowest BCUT2D eigenvalue weighted by molar-refractivity contribution is 0.161. The Labute approximate surface area is 86.1 Å². The van der Waals surface area contributed by atoms with Crippen molar-refractivity contribution in [2.75, 3.05) is 33.8 Å². The third kappa shape index (κ3) is 14.3. The highest BCUT2D eigenvalue weighted by molar-refractivity contribution is 5.85. The zero-order valence-electron chi connectivity index (χ0n) is 8.49. The summed E-state index contributed by atoms with van der Waals surface area (Å²) in [5, 5.41) is 3.48. The van der Waals surface area contributed by atoms with Gasteiger partial charge in [0.2, 0.25) is 0 Å². The fraction of sp³-hybridized carbons (Fsp3) is 0.875. The number of hydrogen-bond acceptors (Lipinski definition) is 4. The van der Waals surface area contributed by atoms with Crippen LogP contribution in [-0.4, -0.2) is 44.7 Å². The van der Waals surface area contributed by atoms with E-state index in [1.807, 2.05) is 21.0 Å². The Morgan fingerprint density at radius 3 is 2.62 bits per heavy atom. The first-order chi connectivity index (χ1) is 5.77. The SMILES string of the molecule is CCON=C=NCCCN(C)C.Cl. The van der Waals surface area contributed by atoms with Gasteiger partial charge < -0.3 is 9.74 Å². The molecule has 0 N–H and O–H groups in total. The standard InChI is InChI=1S/C8H17N3O.ClH/c1-4-12-10-8-9-6-5-7-11(2)3;/h4-7H2,1-3H3;1H. The summed E-state index contributed by atoms with van der Waals surface area (Å²) < 4.78 is 0. The predicted molar refractivity (Wildman–Crippen MR) is 56.8 cm³/mol. The van der Waals surface area contributed by atoms with E-state index < -0.39 is 0 Å². The first-order valence-corrected chi connectivity index (χ1v) is 4.15. The van der Waals surface area contributed by atoms with Gasteiger partial charge in [0.05, 0.1) is 6.54 Å². The van der Waals surface area contributed by atoms with E-state index in [1.54, 1.807) is 0 Å². The van der Waals surface area contributed by atoms with Crippen molar-refractivity contribution in [1.82, 2.24) is 4.90 Å². The van der Waals surface area contributed by atoms with E-state index >= 15 is 0 Å². The number of nitrogens with zero attached hydrogens (tertiary/aromatic N) is 3. The van der Waals surface area contributed by atoms with E-state index in [2.05, 4.69) is 25.9 Å². The monoisotopic (exact) mass is 207 g/mol. The average molecular weight is 208 g/mol. The third-order valence-corrected chi connectivity index (χ3v) is 1.18. The molecule has 0 aliphatic rings. The molecule has 0 saturated heterocycles. The number of hydrogen-bond donors (Lipinski definition) is 0. The van der Waals surface area contributed by atoms with Gasteiger partial charge in [-0.1, -0.05) is 0 Å². The topological polar surface area (TPSA) is 37.2 Å². The summed E-state index contributed by atoms with van der Waals surface area (Å²) in [7, 11) is 4.08. The number of rotatable bonds is 6. The van der Waals surface area contributed by atoms with Gasteiger partial charge in [0.25, 0.3) is 0 Å². The lowest BCUT2D eigenvalue weighted by atomic mass is 10.4. The van der Waals surface area contributed by atoms with Crippen LogP contribution in [0.25, 0.3) is 0 Å². The van der Waals surface area contributed by atoms with Crippen molar-refractivity contribution in [3.05, 3.63) is 0 Å². The summed E-state index contributed by atoms with van der Waals surface area (Å²) in [4.78, 5) is 10.7. The summed E-state index contributed by atoms with van der Waals surface area (Å²) in [5.41, 5.74) is 0. The van der Waals surface area contributed by atoms with E-state index in [4.69, 9.17) is 0 Å². The quantitative estimate of drug-likeness (QED) is 0.376. The van der Waals surface area contributed by atoms with Gasteiger partial charge >= 0.3 is 0 Å². The highest BCUT2D eigenvalue weighted by atomic mass is 35.5. The zero-order valence-corrected chi connectivity index (χ0v) is 9.30. The molecule has 0 aromatic rings. The van der Waals surface area contributed by atoms with Gasteiger partial charge in [-0.2, -0.15) is 0 Å². The second-order valence-corrected chi connectivity index (χ2v) is 2.65. The molecule has 0 saturated carbocycles. The molecule has 0 spiro atoms. The Kier molecular flexibility index (Phi) is 13.1. The second kappa shape index (κ2) is 11.4. The normalized spacial score (nSPS) is 8.62. The van der Waals surface area contributed by atoms with Crippen LogP contribution in [0.4, 0.5) is 0 Å². The van der Waals surface area contributed by atoms with Crippen molar-refractivity contribution >= 4 is 18.4 Å². The van der Waals surface area contributed by atoms with Crippen LogP contribution in [0.2, 0.25) is 0 Å². The van der Waals surface area contributed by atoms with Gasteiger partial charge in [0.15, 0.2) is 0 Å². The van der Waals surface area contributed by atoms with Crippen molar-refractivity contribution in [2.24, 2.45) is 10.1 Å². The van der Waals surface area contributed by atoms with Crippen LogP contribution in [0.3, 0.4) is 0 Å². The molecule has 0 aromatic carbocycles. The van der Waals surface area contributed by atoms with Crippen LogP contribution in [-0.2, 0) is 4.84 Å². The first kappa shape index (κ1) is 14.9. The summed E-state index contributed by atoms with van der Waals surface area (Å²) in [5.74, 6) is 0. The van der Waals surface area contributed by atoms with Gasteiger partial charge in [0.1, 0.15) is 12.6 Å². The average Bonchev–Trinajstić information content (AvgIpc) is 2.02. The zero-order chi connectivity index (χ0) is 9.23. The minimum atomic E-state index is 0. The highest BCUT2D eigenvalue weighted by Crippen LogP contribution is 1.82. The number of aliphatic imine (C=N–C) groups is 1. The van der Waals surface area contributed by atoms with E-state index in [1.165, 1.54) is 0 Å². The molecule has 0 unspecified atom stereocenters. The summed E-state index contributed by atoms with van der Waals surface area (Å²) >= 11 is 0. The van der Waals surface area contributed by atoms with E-state index in [0.717, 1.165) is 19.5 Å². The van der Waals surface area contributed by atoms with E-state index in [0.29, 0.717) is 6.61 Å². The summed E-state index contributed by atoms with van der Waals surface area (Å²) in [6.45, 7) is 4.24. The van der Waals surface area contributed by atoms with Gasteiger partial charge in [-0.15, -0.1) is 12.4 Å². The molecule has 0 rings (SSSR count). The molecule has 78 valence electrons. The fourth-order valence-electron chi connectivity index (χ4n) is 0.638. The van der Waals surface area contributed by atoms with Crippen LogP contribution in [0.1, 0.15) is 13.3 Å². The van der Waals surface area contributed by atoms with Crippen LogP contribution >= 0.6 is 12.4 Å². The van der Waals surface area contributed by atoms with Gasteiger partial charge in [-0.05, 0) is 39.1 Å². The molecular formula is C8H18ClN3O. The Hall–Kier alpha value is -0.570. The van der Waals surface area contributed by atoms with Crippen LogP contribution in [0, 0.1) is 0 Å². The maximum absolute atomic E-state index is 4.67. The van der Waals surface area contributed by atoms with Crippen molar-refractivity contribution in [3.63, 3.8) is 0 Å². The minimum Gasteiger partial charge on any atom is -0.388 e. The van der Waals surface area contributed by atoms with Crippen LogP contribution in [0.15, 0.2) is 10.1 Å². The van der Waals surface area contributed by atoms with Gasteiger partial charge in [-0.3, -0.25) is 0 Å². The van der Waals surface area contributed by atoms with Crippen molar-refractivity contribution < 1.29 is 4.84 Å². The Balaban J connectivity index is 0. The van der Waals surface area contributed by atoms with Crippen LogP contribution in [0.5, 0.6) is 0 Å². The molecule has 4 nitrogen and oxygen atoms in total. The van der Waals surface area contributed by atoms with Crippen molar-refractivity contribution in [2.45, 2.75) is 13.3 Å². The van der Waals surface area contributed by atoms with E-state index in [9.17, 15) is 0 Å². The highest BCUT2D eigenvalue weighted by Gasteiger charge is 1.86. The maximum Gasteiger partial charge on any atom is 0.135 e. The Bertz CT molecular complexity index is 155. The number of halogens is 1. The molecule has 0 atom stereocenters. The molecule has 13 heavy (non-hydrogen) atoms. The molecule has 0 radical (unpaired) electrons. The molecule has 0 aromatic heterocycles. The van der Waals surface area contributed by atoms with Gasteiger partial charge in [-0.25, -0.2) is 4.99 Å². The molecule has 0 aliphatic carbocycles. The third-order valence-electron chi connectivity index (χ3n) is 1.18. The van der Waals surface area contributed by atoms with Crippen molar-refractivity contribution in [1.29, 1.82) is 0 Å². The smallest absolute Gasteiger partial charge is 0.135 e. The maximum atomic E-state index is 4.67. The van der Waals surface area contributed by atoms with Gasteiger partial charge in [0, 0.05) is 0 Å². The molecule has 0 heterocycles. The Morgan fingerprint density at radius 1 is 1.38 bits per heavy atom. The molecule has 0 fully saturated rings.